The standard InChI is InChI=1S/C20H24N2O4/c1-12-17-14(23)10-20(2,3)11-15(17)26-18(12)19(25)22-21-16(24)9-13-7-5-4-6-8-13/h4-8,14,23H,9-11H2,1-3H3,(H,21,24)(H,22,25). The van der Waals surface area contributed by atoms with E-state index in [1.807, 2.05) is 30.3 Å². The SMILES string of the molecule is Cc1c(C(=O)NNC(=O)Cc2ccccc2)oc2c1C(O)CC(C)(C)C2. The van der Waals surface area contributed by atoms with E-state index in [1.54, 1.807) is 6.92 Å². The van der Waals surface area contributed by atoms with Gasteiger partial charge in [0, 0.05) is 17.5 Å². The lowest BCUT2D eigenvalue weighted by Gasteiger charge is -2.31. The number of carbonyl (C=O) groups is 2. The lowest BCUT2D eigenvalue weighted by molar-refractivity contribution is -0.121. The summed E-state index contributed by atoms with van der Waals surface area (Å²) in [5.74, 6) is -0.0678. The summed E-state index contributed by atoms with van der Waals surface area (Å²) >= 11 is 0. The minimum Gasteiger partial charge on any atom is -0.455 e. The smallest absolute Gasteiger partial charge is 0.305 e. The number of aliphatic hydroxyl groups excluding tert-OH is 1. The summed E-state index contributed by atoms with van der Waals surface area (Å²) in [5.41, 5.74) is 6.88. The fourth-order valence-electron chi connectivity index (χ4n) is 3.51. The zero-order valence-corrected chi connectivity index (χ0v) is 15.3. The van der Waals surface area contributed by atoms with Gasteiger partial charge in [-0.1, -0.05) is 44.2 Å². The molecule has 2 aromatic rings. The number of fused-ring (bicyclic) bond motifs is 1. The Hall–Kier alpha value is -2.60. The molecule has 1 aliphatic carbocycles. The molecule has 26 heavy (non-hydrogen) atoms. The fraction of sp³-hybridized carbons (Fsp3) is 0.400. The molecule has 6 nitrogen and oxygen atoms in total. The van der Waals surface area contributed by atoms with Gasteiger partial charge < -0.3 is 9.52 Å². The molecule has 1 heterocycles. The van der Waals surface area contributed by atoms with Crippen molar-refractivity contribution >= 4 is 11.8 Å². The maximum Gasteiger partial charge on any atom is 0.305 e. The third-order valence-electron chi connectivity index (χ3n) is 4.72. The molecule has 0 saturated heterocycles. The number of nitrogens with one attached hydrogen (secondary N) is 2. The second kappa shape index (κ2) is 6.96. The average Bonchev–Trinajstić information content (AvgIpc) is 2.89. The highest BCUT2D eigenvalue weighted by Crippen LogP contribution is 2.43. The van der Waals surface area contributed by atoms with E-state index in [2.05, 4.69) is 24.7 Å². The van der Waals surface area contributed by atoms with Gasteiger partial charge in [0.05, 0.1) is 12.5 Å². The van der Waals surface area contributed by atoms with Gasteiger partial charge in [0.15, 0.2) is 5.76 Å². The highest BCUT2D eigenvalue weighted by atomic mass is 16.4. The molecule has 0 radical (unpaired) electrons. The first-order valence-corrected chi connectivity index (χ1v) is 8.70. The summed E-state index contributed by atoms with van der Waals surface area (Å²) in [7, 11) is 0. The molecule has 1 unspecified atom stereocenters. The first-order valence-electron chi connectivity index (χ1n) is 8.70. The normalized spacial score (nSPS) is 18.1. The number of hydrogen-bond acceptors (Lipinski definition) is 4. The number of rotatable bonds is 3. The summed E-state index contributed by atoms with van der Waals surface area (Å²) in [5, 5.41) is 10.4. The molecule has 2 amide bonds. The molecule has 0 saturated carbocycles. The highest BCUT2D eigenvalue weighted by Gasteiger charge is 2.37. The summed E-state index contributed by atoms with van der Waals surface area (Å²) in [4.78, 5) is 24.4. The number of benzene rings is 1. The maximum atomic E-state index is 12.4. The van der Waals surface area contributed by atoms with Crippen LogP contribution in [0.15, 0.2) is 34.7 Å². The van der Waals surface area contributed by atoms with Crippen LogP contribution < -0.4 is 10.9 Å². The Morgan fingerprint density at radius 1 is 1.23 bits per heavy atom. The lowest BCUT2D eigenvalue weighted by Crippen LogP contribution is -2.42. The van der Waals surface area contributed by atoms with Gasteiger partial charge in [-0.05, 0) is 24.3 Å². The van der Waals surface area contributed by atoms with Crippen molar-refractivity contribution in [2.75, 3.05) is 0 Å². The van der Waals surface area contributed by atoms with Gasteiger partial charge >= 0.3 is 5.91 Å². The molecule has 1 atom stereocenters. The van der Waals surface area contributed by atoms with E-state index in [1.165, 1.54) is 0 Å². The molecular formula is C20H24N2O4. The zero-order chi connectivity index (χ0) is 18.9. The second-order valence-electron chi connectivity index (χ2n) is 7.62. The third-order valence-corrected chi connectivity index (χ3v) is 4.72. The molecule has 6 heteroatoms. The van der Waals surface area contributed by atoms with E-state index in [4.69, 9.17) is 4.42 Å². The Labute approximate surface area is 152 Å². The van der Waals surface area contributed by atoms with E-state index in [0.717, 1.165) is 5.56 Å². The Kier molecular flexibility index (Phi) is 4.87. The molecule has 138 valence electrons. The van der Waals surface area contributed by atoms with E-state index >= 15 is 0 Å². The molecule has 0 bridgehead atoms. The predicted molar refractivity (Wildman–Crippen MR) is 96.3 cm³/mol. The van der Waals surface area contributed by atoms with E-state index in [9.17, 15) is 14.7 Å². The van der Waals surface area contributed by atoms with Gasteiger partial charge in [-0.2, -0.15) is 0 Å². The molecule has 3 rings (SSSR count). The first-order chi connectivity index (χ1) is 12.3. The Balaban J connectivity index is 1.66. The van der Waals surface area contributed by atoms with Crippen LogP contribution in [0.25, 0.3) is 0 Å². The van der Waals surface area contributed by atoms with Crippen LogP contribution in [0.4, 0.5) is 0 Å². The lowest BCUT2D eigenvalue weighted by atomic mass is 9.75. The topological polar surface area (TPSA) is 91.6 Å². The van der Waals surface area contributed by atoms with Gasteiger partial charge in [-0.15, -0.1) is 0 Å². The van der Waals surface area contributed by atoms with Crippen molar-refractivity contribution in [2.24, 2.45) is 5.41 Å². The number of hydrazine groups is 1. The number of furan rings is 1. The minimum atomic E-state index is -0.647. The summed E-state index contributed by atoms with van der Waals surface area (Å²) < 4.78 is 5.73. The monoisotopic (exact) mass is 356 g/mol. The van der Waals surface area contributed by atoms with Crippen molar-refractivity contribution in [3.8, 4) is 0 Å². The van der Waals surface area contributed by atoms with Gasteiger partial charge in [-0.25, -0.2) is 0 Å². The Bertz CT molecular complexity index is 824. The van der Waals surface area contributed by atoms with E-state index < -0.39 is 12.0 Å². The fourth-order valence-corrected chi connectivity index (χ4v) is 3.51. The molecule has 0 fully saturated rings. The third kappa shape index (κ3) is 3.80. The van der Waals surface area contributed by atoms with Crippen molar-refractivity contribution in [1.29, 1.82) is 0 Å². The molecule has 3 N–H and O–H groups in total. The van der Waals surface area contributed by atoms with Crippen LogP contribution in [0.5, 0.6) is 0 Å². The van der Waals surface area contributed by atoms with Gasteiger partial charge in [0.25, 0.3) is 0 Å². The van der Waals surface area contributed by atoms with Crippen LogP contribution in [0.3, 0.4) is 0 Å². The van der Waals surface area contributed by atoms with Crippen LogP contribution in [-0.2, 0) is 17.6 Å². The van der Waals surface area contributed by atoms with Crippen LogP contribution in [0.2, 0.25) is 0 Å². The molecule has 0 aliphatic heterocycles. The first kappa shape index (κ1) is 18.2. The van der Waals surface area contributed by atoms with Crippen LogP contribution in [-0.4, -0.2) is 16.9 Å². The number of carbonyl (C=O) groups excluding carboxylic acids is 2. The summed E-state index contributed by atoms with van der Waals surface area (Å²) in [6, 6.07) is 9.26. The van der Waals surface area contributed by atoms with E-state index in [-0.39, 0.29) is 23.5 Å². The van der Waals surface area contributed by atoms with Crippen LogP contribution in [0, 0.1) is 12.3 Å². The Morgan fingerprint density at radius 2 is 1.92 bits per heavy atom. The summed E-state index contributed by atoms with van der Waals surface area (Å²) in [6.07, 6.45) is 0.803. The molecule has 1 aromatic heterocycles. The Morgan fingerprint density at radius 3 is 2.62 bits per heavy atom. The zero-order valence-electron chi connectivity index (χ0n) is 15.3. The van der Waals surface area contributed by atoms with Crippen molar-refractivity contribution in [3.63, 3.8) is 0 Å². The van der Waals surface area contributed by atoms with Gasteiger partial charge in [0.2, 0.25) is 5.91 Å². The molecule has 1 aromatic carbocycles. The van der Waals surface area contributed by atoms with Crippen LogP contribution >= 0.6 is 0 Å². The number of hydrogen-bond donors (Lipinski definition) is 3. The largest absolute Gasteiger partial charge is 0.455 e. The van der Waals surface area contributed by atoms with Crippen molar-refractivity contribution < 1.29 is 19.1 Å². The average molecular weight is 356 g/mol. The van der Waals surface area contributed by atoms with Crippen molar-refractivity contribution in [1.82, 2.24) is 10.9 Å². The predicted octanol–water partition coefficient (Wildman–Crippen LogP) is 2.60. The molecule has 0 spiro atoms. The second-order valence-corrected chi connectivity index (χ2v) is 7.62. The highest BCUT2D eigenvalue weighted by molar-refractivity contribution is 5.94. The quantitative estimate of drug-likeness (QED) is 0.737. The number of amides is 2. The molecular weight excluding hydrogens is 332 g/mol. The maximum absolute atomic E-state index is 12.4. The van der Waals surface area contributed by atoms with Crippen molar-refractivity contribution in [2.45, 2.75) is 46.1 Å². The number of aliphatic hydroxyl groups is 1. The van der Waals surface area contributed by atoms with Crippen LogP contribution in [0.1, 0.15) is 59.4 Å². The minimum absolute atomic E-state index is 0.0889. The molecule has 1 aliphatic rings. The van der Waals surface area contributed by atoms with Gasteiger partial charge in [-0.3, -0.25) is 20.4 Å². The van der Waals surface area contributed by atoms with Gasteiger partial charge in [0.1, 0.15) is 5.76 Å². The van der Waals surface area contributed by atoms with Crippen molar-refractivity contribution in [3.05, 3.63) is 58.5 Å². The van der Waals surface area contributed by atoms with E-state index in [0.29, 0.717) is 29.7 Å². The summed E-state index contributed by atoms with van der Waals surface area (Å²) in [6.45, 7) is 5.87.